The Balaban J connectivity index is 2.00. The number of nitro benzene ring substituents is 1. The van der Waals surface area contributed by atoms with Crippen LogP contribution in [0.3, 0.4) is 0 Å². The van der Waals surface area contributed by atoms with E-state index in [1.807, 2.05) is 0 Å². The molecule has 1 aliphatic rings. The first kappa shape index (κ1) is 14.5. The number of nitro groups is 1. The van der Waals surface area contributed by atoms with Crippen LogP contribution in [-0.4, -0.2) is 17.4 Å². The second kappa shape index (κ2) is 6.52. The molecule has 0 fully saturated rings. The number of hydrogen-bond donors (Lipinski definition) is 1. The van der Waals surface area contributed by atoms with Crippen LogP contribution in [0.15, 0.2) is 30.4 Å². The molecule has 2 rings (SSSR count). The second-order valence-corrected chi connectivity index (χ2v) is 5.19. The monoisotopic (exact) mass is 294 g/mol. The summed E-state index contributed by atoms with van der Waals surface area (Å²) < 4.78 is 0. The molecule has 106 valence electrons. The van der Waals surface area contributed by atoms with Gasteiger partial charge in [0.25, 0.3) is 11.6 Å². The van der Waals surface area contributed by atoms with E-state index in [0.717, 1.165) is 19.3 Å². The fraction of sp³-hybridized carbons (Fsp3) is 0.357. The van der Waals surface area contributed by atoms with E-state index < -0.39 is 4.92 Å². The van der Waals surface area contributed by atoms with Crippen molar-refractivity contribution in [3.05, 3.63) is 51.1 Å². The van der Waals surface area contributed by atoms with Crippen molar-refractivity contribution in [2.75, 3.05) is 6.54 Å². The zero-order valence-corrected chi connectivity index (χ0v) is 11.6. The lowest BCUT2D eigenvalue weighted by molar-refractivity contribution is -0.384. The van der Waals surface area contributed by atoms with Gasteiger partial charge in [-0.3, -0.25) is 14.9 Å². The van der Waals surface area contributed by atoms with Crippen molar-refractivity contribution < 1.29 is 9.72 Å². The summed E-state index contributed by atoms with van der Waals surface area (Å²) >= 11 is 5.71. The third-order valence-electron chi connectivity index (χ3n) is 3.33. The van der Waals surface area contributed by atoms with Crippen molar-refractivity contribution in [2.24, 2.45) is 5.92 Å². The predicted molar refractivity (Wildman–Crippen MR) is 76.9 cm³/mol. The Kier molecular flexibility index (Phi) is 4.74. The van der Waals surface area contributed by atoms with E-state index >= 15 is 0 Å². The van der Waals surface area contributed by atoms with E-state index in [1.54, 1.807) is 0 Å². The Bertz CT molecular complexity index is 557. The van der Waals surface area contributed by atoms with Gasteiger partial charge in [-0.25, -0.2) is 0 Å². The molecule has 0 aliphatic heterocycles. The van der Waals surface area contributed by atoms with Crippen molar-refractivity contribution in [3.63, 3.8) is 0 Å². The molecule has 20 heavy (non-hydrogen) atoms. The fourth-order valence-corrected chi connectivity index (χ4v) is 2.36. The topological polar surface area (TPSA) is 72.2 Å². The summed E-state index contributed by atoms with van der Waals surface area (Å²) in [7, 11) is 0. The molecule has 0 spiro atoms. The van der Waals surface area contributed by atoms with E-state index in [0.29, 0.717) is 12.5 Å². The molecule has 1 aliphatic carbocycles. The van der Waals surface area contributed by atoms with Gasteiger partial charge in [0.1, 0.15) is 5.02 Å². The first-order valence-electron chi connectivity index (χ1n) is 6.45. The van der Waals surface area contributed by atoms with Crippen molar-refractivity contribution in [1.29, 1.82) is 0 Å². The number of benzene rings is 1. The molecule has 0 saturated carbocycles. The molecule has 0 heterocycles. The number of carbonyl (C=O) groups is 1. The van der Waals surface area contributed by atoms with Gasteiger partial charge in [0.15, 0.2) is 0 Å². The molecule has 0 radical (unpaired) electrons. The number of halogens is 1. The highest BCUT2D eigenvalue weighted by Gasteiger charge is 2.17. The fourth-order valence-electron chi connectivity index (χ4n) is 2.17. The van der Waals surface area contributed by atoms with E-state index in [1.165, 1.54) is 18.2 Å². The van der Waals surface area contributed by atoms with Crippen LogP contribution in [0.25, 0.3) is 0 Å². The number of rotatable bonds is 4. The van der Waals surface area contributed by atoms with Crippen molar-refractivity contribution >= 4 is 23.2 Å². The third-order valence-corrected chi connectivity index (χ3v) is 3.65. The molecule has 0 bridgehead atoms. The highest BCUT2D eigenvalue weighted by Crippen LogP contribution is 2.25. The SMILES string of the molecule is O=C(NCC1CC=CCC1)c1ccc(Cl)c([N+](=O)[O-])c1. The summed E-state index contributed by atoms with van der Waals surface area (Å²) in [5.74, 6) is 0.130. The number of amides is 1. The van der Waals surface area contributed by atoms with E-state index in [9.17, 15) is 14.9 Å². The first-order valence-corrected chi connectivity index (χ1v) is 6.83. The van der Waals surface area contributed by atoms with Gasteiger partial charge in [0.2, 0.25) is 0 Å². The molecule has 1 amide bonds. The summed E-state index contributed by atoms with van der Waals surface area (Å²) in [6.45, 7) is 0.583. The molecule has 1 aromatic carbocycles. The Morgan fingerprint density at radius 2 is 2.25 bits per heavy atom. The summed E-state index contributed by atoms with van der Waals surface area (Å²) in [4.78, 5) is 22.2. The molecular weight excluding hydrogens is 280 g/mol. The summed E-state index contributed by atoms with van der Waals surface area (Å²) in [5, 5.41) is 13.6. The zero-order chi connectivity index (χ0) is 14.5. The average Bonchev–Trinajstić information content (AvgIpc) is 2.46. The van der Waals surface area contributed by atoms with Gasteiger partial charge in [0, 0.05) is 18.2 Å². The molecule has 1 unspecified atom stereocenters. The van der Waals surface area contributed by atoms with Crippen LogP contribution >= 0.6 is 11.6 Å². The van der Waals surface area contributed by atoms with Crippen LogP contribution in [0.1, 0.15) is 29.6 Å². The van der Waals surface area contributed by atoms with Crippen LogP contribution in [0.5, 0.6) is 0 Å². The van der Waals surface area contributed by atoms with Crippen molar-refractivity contribution in [3.8, 4) is 0 Å². The lowest BCUT2D eigenvalue weighted by atomic mass is 9.94. The second-order valence-electron chi connectivity index (χ2n) is 4.78. The highest BCUT2D eigenvalue weighted by molar-refractivity contribution is 6.32. The minimum absolute atomic E-state index is 0.0315. The largest absolute Gasteiger partial charge is 0.352 e. The Labute approximate surface area is 121 Å². The molecule has 1 aromatic rings. The molecular formula is C14H15ClN2O3. The Morgan fingerprint density at radius 3 is 2.90 bits per heavy atom. The molecule has 0 saturated heterocycles. The smallest absolute Gasteiger partial charge is 0.288 e. The normalized spacial score (nSPS) is 17.8. The van der Waals surface area contributed by atoms with Gasteiger partial charge in [-0.2, -0.15) is 0 Å². The van der Waals surface area contributed by atoms with Gasteiger partial charge in [-0.1, -0.05) is 23.8 Å². The lowest BCUT2D eigenvalue weighted by Crippen LogP contribution is -2.29. The van der Waals surface area contributed by atoms with Gasteiger partial charge in [-0.15, -0.1) is 0 Å². The summed E-state index contributed by atoms with van der Waals surface area (Å²) in [6, 6.07) is 4.07. The van der Waals surface area contributed by atoms with Crippen LogP contribution in [0.2, 0.25) is 5.02 Å². The number of carbonyl (C=O) groups excluding carboxylic acids is 1. The van der Waals surface area contributed by atoms with Crippen LogP contribution < -0.4 is 5.32 Å². The first-order chi connectivity index (χ1) is 9.58. The van der Waals surface area contributed by atoms with E-state index in [2.05, 4.69) is 17.5 Å². The molecule has 1 N–H and O–H groups in total. The third kappa shape index (κ3) is 3.57. The van der Waals surface area contributed by atoms with Gasteiger partial charge in [0.05, 0.1) is 4.92 Å². The molecule has 5 nitrogen and oxygen atoms in total. The number of nitrogens with one attached hydrogen (secondary N) is 1. The molecule has 0 aromatic heterocycles. The maximum absolute atomic E-state index is 12.0. The lowest BCUT2D eigenvalue weighted by Gasteiger charge is -2.18. The van der Waals surface area contributed by atoms with Crippen molar-refractivity contribution in [2.45, 2.75) is 19.3 Å². The maximum Gasteiger partial charge on any atom is 0.288 e. The molecule has 6 heteroatoms. The summed E-state index contributed by atoms with van der Waals surface area (Å²) in [5.41, 5.74) is 0.00682. The van der Waals surface area contributed by atoms with Crippen LogP contribution in [0, 0.1) is 16.0 Å². The van der Waals surface area contributed by atoms with Gasteiger partial charge >= 0.3 is 0 Å². The van der Waals surface area contributed by atoms with E-state index in [4.69, 9.17) is 11.6 Å². The van der Waals surface area contributed by atoms with E-state index in [-0.39, 0.29) is 22.2 Å². The Hall–Kier alpha value is -1.88. The predicted octanol–water partition coefficient (Wildman–Crippen LogP) is 3.33. The quantitative estimate of drug-likeness (QED) is 0.526. The summed E-state index contributed by atoms with van der Waals surface area (Å²) in [6.07, 6.45) is 7.31. The number of allylic oxidation sites excluding steroid dienone is 2. The van der Waals surface area contributed by atoms with Crippen LogP contribution in [0.4, 0.5) is 5.69 Å². The maximum atomic E-state index is 12.0. The molecule has 1 atom stereocenters. The van der Waals surface area contributed by atoms with Gasteiger partial charge < -0.3 is 5.32 Å². The minimum atomic E-state index is -0.592. The van der Waals surface area contributed by atoms with Crippen molar-refractivity contribution in [1.82, 2.24) is 5.32 Å². The number of hydrogen-bond acceptors (Lipinski definition) is 3. The number of nitrogens with zero attached hydrogens (tertiary/aromatic N) is 1. The van der Waals surface area contributed by atoms with Crippen LogP contribution in [-0.2, 0) is 0 Å². The van der Waals surface area contributed by atoms with Gasteiger partial charge in [-0.05, 0) is 37.3 Å². The highest BCUT2D eigenvalue weighted by atomic mass is 35.5. The minimum Gasteiger partial charge on any atom is -0.352 e. The Morgan fingerprint density at radius 1 is 1.45 bits per heavy atom. The zero-order valence-electron chi connectivity index (χ0n) is 10.8. The average molecular weight is 295 g/mol. The standard InChI is InChI=1S/C14H15ClN2O3/c15-12-7-6-11(8-13(12)17(19)20)14(18)16-9-10-4-2-1-3-5-10/h1-2,6-8,10H,3-5,9H2,(H,16,18).